The van der Waals surface area contributed by atoms with Crippen LogP contribution in [0.2, 0.25) is 0 Å². The van der Waals surface area contributed by atoms with E-state index in [0.717, 1.165) is 9.81 Å². The van der Waals surface area contributed by atoms with E-state index in [4.69, 9.17) is 17.2 Å². The molecule has 14 N–H and O–H groups in total. The molecule has 0 aromatic rings. The Morgan fingerprint density at radius 2 is 1.39 bits per heavy atom. The highest BCUT2D eigenvalue weighted by molar-refractivity contribution is 8.18. The molecule has 0 radical (unpaired) electrons. The lowest BCUT2D eigenvalue weighted by Crippen LogP contribution is -2.61. The predicted octanol–water partition coefficient (Wildman–Crippen LogP) is -3.15. The monoisotopic (exact) mass is 977 g/mol. The van der Waals surface area contributed by atoms with Crippen molar-refractivity contribution in [3.05, 3.63) is 22.0 Å². The molecule has 10 atom stereocenters. The van der Waals surface area contributed by atoms with Gasteiger partial charge in [0, 0.05) is 29.7 Å². The van der Waals surface area contributed by atoms with Crippen LogP contribution in [0.4, 0.5) is 0 Å². The van der Waals surface area contributed by atoms with E-state index < -0.39 is 142 Å². The van der Waals surface area contributed by atoms with Crippen molar-refractivity contribution in [1.82, 2.24) is 42.1 Å². The quantitative estimate of drug-likeness (QED) is 0.0302. The predicted molar refractivity (Wildman–Crippen MR) is 245 cm³/mol. The first-order valence-corrected chi connectivity index (χ1v) is 23.7. The minimum atomic E-state index is -1.71. The van der Waals surface area contributed by atoms with Crippen LogP contribution < -0.4 is 54.4 Å². The number of carbonyl (C=O) groups is 11. The van der Waals surface area contributed by atoms with Crippen molar-refractivity contribution in [3.63, 3.8) is 0 Å². The van der Waals surface area contributed by atoms with Crippen molar-refractivity contribution in [1.29, 1.82) is 0 Å². The van der Waals surface area contributed by atoms with Crippen LogP contribution in [0.25, 0.3) is 0 Å². The maximum absolute atomic E-state index is 14.0. The summed E-state index contributed by atoms with van der Waals surface area (Å²) in [4.78, 5) is 145. The Balaban J connectivity index is 1.45. The summed E-state index contributed by atoms with van der Waals surface area (Å²) in [6, 6.07) is -9.05. The molecule has 3 fully saturated rings. The fourth-order valence-electron chi connectivity index (χ4n) is 7.81. The molecule has 0 aromatic carbocycles. The number of likely N-dealkylation sites (tertiary alicyclic amines) is 1. The Bertz CT molecular complexity index is 2090. The molecule has 3 saturated heterocycles. The van der Waals surface area contributed by atoms with Crippen LogP contribution in [0.1, 0.15) is 92.9 Å². The van der Waals surface area contributed by atoms with Crippen LogP contribution >= 0.6 is 23.5 Å². The van der Waals surface area contributed by atoms with E-state index in [1.807, 2.05) is 13.8 Å². The van der Waals surface area contributed by atoms with E-state index in [0.29, 0.717) is 12.8 Å². The summed E-state index contributed by atoms with van der Waals surface area (Å²) in [7, 11) is 0. The van der Waals surface area contributed by atoms with Gasteiger partial charge in [-0.25, -0.2) is 0 Å². The molecule has 4 rings (SSSR count). The fraction of sp³-hybridized carbons (Fsp3) is 0.643. The first-order chi connectivity index (χ1) is 31.3. The standard InChI is InChI=1S/C42H63N11O12S2/c1-7-20(4)31(52-37(61)26(48-22(6)54)17-41-12-13-42(65)33(67-42)32(41)66-41)39(63)49-23(10-11-28(43)55)35(59)50-25(16-29(44)56)36(60)47-21(5)40(64)53-14-8-9-27(53)38(62)51-24(15-19(2)3)34(58)46-18-30(45)57/h12-13,19-21,23-27,31,65H,7-11,14-18H2,1-6H3,(H2,43,55)(H2,44,56)(H2,45,57)(H,46,58)(H,47,60)(H,48,54)(H,49,63)(H,50,59)(H,51,62)(H,52,61)/t20-,21-,23-,24-,25-,26-,27-,31-,41?,42?/m0/s1. The second-order valence-electron chi connectivity index (χ2n) is 17.7. The summed E-state index contributed by atoms with van der Waals surface area (Å²) in [5.41, 5.74) is 16.0. The molecule has 0 bridgehead atoms. The SMILES string of the molecule is CC[C@H](C)[C@H](NC(=O)[C@H](CC12C=CC3(O)SC3=C1S2)NC(C)=O)C(=O)N[C@@H](CCC(N)=O)C(=O)N[C@@H](CC(N)=O)C(=O)N[C@@H](C)C(=O)N1CCC[C@H]1C(=O)N[C@@H](CC(C)C)C(=O)NCC(N)=O. The average Bonchev–Trinajstić information content (AvgIpc) is 4.07. The number of nitrogens with two attached hydrogens (primary N) is 3. The summed E-state index contributed by atoms with van der Waals surface area (Å²) < 4.78 is -0.624. The third-order valence-electron chi connectivity index (χ3n) is 11.6. The molecule has 3 heterocycles. The van der Waals surface area contributed by atoms with Gasteiger partial charge in [-0.2, -0.15) is 0 Å². The van der Waals surface area contributed by atoms with Crippen LogP contribution in [0.15, 0.2) is 22.0 Å². The molecule has 2 unspecified atom stereocenters. The van der Waals surface area contributed by atoms with Gasteiger partial charge in [-0.1, -0.05) is 52.0 Å². The fourth-order valence-corrected chi connectivity index (χ4v) is 10.2. The van der Waals surface area contributed by atoms with Crippen LogP contribution in [0.5, 0.6) is 0 Å². The first-order valence-electron chi connectivity index (χ1n) is 22.1. The van der Waals surface area contributed by atoms with Crippen molar-refractivity contribution in [2.75, 3.05) is 13.1 Å². The van der Waals surface area contributed by atoms with Gasteiger partial charge in [0.2, 0.25) is 65.0 Å². The number of hydrogen-bond donors (Lipinski definition) is 11. The van der Waals surface area contributed by atoms with Gasteiger partial charge in [-0.3, -0.25) is 52.7 Å². The van der Waals surface area contributed by atoms with Crippen molar-refractivity contribution < 1.29 is 57.8 Å². The van der Waals surface area contributed by atoms with E-state index in [-0.39, 0.29) is 38.1 Å². The zero-order chi connectivity index (χ0) is 50.1. The summed E-state index contributed by atoms with van der Waals surface area (Å²) >= 11 is 2.75. The van der Waals surface area contributed by atoms with Gasteiger partial charge in [-0.05, 0) is 56.9 Å². The molecule has 67 heavy (non-hydrogen) atoms. The van der Waals surface area contributed by atoms with Crippen molar-refractivity contribution in [3.8, 4) is 0 Å². The smallest absolute Gasteiger partial charge is 0.245 e. The summed E-state index contributed by atoms with van der Waals surface area (Å²) in [5, 5.41) is 28.2. The molecule has 370 valence electrons. The van der Waals surface area contributed by atoms with Crippen molar-refractivity contribution in [2.45, 2.75) is 145 Å². The summed E-state index contributed by atoms with van der Waals surface area (Å²) in [6.45, 7) is 9.32. The summed E-state index contributed by atoms with van der Waals surface area (Å²) in [6.07, 6.45) is 3.21. The zero-order valence-electron chi connectivity index (χ0n) is 38.4. The van der Waals surface area contributed by atoms with Gasteiger partial charge in [0.25, 0.3) is 0 Å². The first kappa shape index (κ1) is 53.9. The molecule has 0 spiro atoms. The maximum atomic E-state index is 14.0. The molecule has 0 saturated carbocycles. The second kappa shape index (κ2) is 22.9. The number of rotatable bonds is 26. The largest absolute Gasteiger partial charge is 0.371 e. The molecule has 25 heteroatoms. The lowest BCUT2D eigenvalue weighted by molar-refractivity contribution is -0.142. The Kier molecular flexibility index (Phi) is 18.4. The Morgan fingerprint density at radius 3 is 1.99 bits per heavy atom. The van der Waals surface area contributed by atoms with E-state index in [1.54, 1.807) is 26.0 Å². The minimum Gasteiger partial charge on any atom is -0.371 e. The number of amides is 11. The number of hydrogen-bond acceptors (Lipinski definition) is 14. The van der Waals surface area contributed by atoms with Crippen LogP contribution in [0.3, 0.4) is 0 Å². The van der Waals surface area contributed by atoms with Gasteiger partial charge in [0.15, 0.2) is 4.93 Å². The van der Waals surface area contributed by atoms with Crippen LogP contribution in [-0.2, 0) is 52.7 Å². The molecule has 3 aliphatic heterocycles. The lowest BCUT2D eigenvalue weighted by Gasteiger charge is -2.30. The number of aliphatic hydroxyl groups is 1. The van der Waals surface area contributed by atoms with Gasteiger partial charge in [-0.15, -0.1) is 11.8 Å². The van der Waals surface area contributed by atoms with Gasteiger partial charge < -0.3 is 64.4 Å². The van der Waals surface area contributed by atoms with E-state index in [9.17, 15) is 57.8 Å². The highest BCUT2D eigenvalue weighted by Gasteiger charge is 2.64. The molecular weight excluding hydrogens is 915 g/mol. The minimum absolute atomic E-state index is 0.0470. The second-order valence-corrected chi connectivity index (χ2v) is 20.3. The van der Waals surface area contributed by atoms with Gasteiger partial charge in [0.1, 0.15) is 42.3 Å². The molecular formula is C42H63N11O12S2. The number of nitrogens with zero attached hydrogens (tertiary/aromatic N) is 1. The number of fused-ring (bicyclic) bond motifs is 2. The third-order valence-corrected chi connectivity index (χ3v) is 14.4. The molecule has 1 aliphatic carbocycles. The zero-order valence-corrected chi connectivity index (χ0v) is 40.0. The number of nitrogens with one attached hydrogen (secondary N) is 7. The van der Waals surface area contributed by atoms with E-state index in [2.05, 4.69) is 37.2 Å². The molecule has 4 aliphatic rings. The van der Waals surface area contributed by atoms with Crippen LogP contribution in [0, 0.1) is 11.8 Å². The molecule has 23 nitrogen and oxygen atoms in total. The number of carbonyl (C=O) groups excluding carboxylic acids is 11. The topological polar surface area (TPSA) is 374 Å². The normalized spacial score (nSPS) is 23.0. The lowest BCUT2D eigenvalue weighted by atomic mass is 9.93. The van der Waals surface area contributed by atoms with E-state index >= 15 is 0 Å². The number of thioether (sulfide) groups is 2. The van der Waals surface area contributed by atoms with Crippen LogP contribution in [-0.4, -0.2) is 140 Å². The average molecular weight is 978 g/mol. The Hall–Kier alpha value is -5.69. The Labute approximate surface area is 396 Å². The maximum Gasteiger partial charge on any atom is 0.245 e. The Morgan fingerprint density at radius 1 is 0.746 bits per heavy atom. The van der Waals surface area contributed by atoms with Crippen molar-refractivity contribution in [2.24, 2.45) is 29.0 Å². The third kappa shape index (κ3) is 14.6. The molecule has 0 aromatic heterocycles. The number of primary amides is 3. The molecule has 11 amide bonds. The highest BCUT2D eigenvalue weighted by Crippen LogP contribution is 2.76. The van der Waals surface area contributed by atoms with Gasteiger partial charge >= 0.3 is 0 Å². The van der Waals surface area contributed by atoms with Gasteiger partial charge in [0.05, 0.1) is 17.7 Å². The van der Waals surface area contributed by atoms with E-state index in [1.165, 1.54) is 42.3 Å². The summed E-state index contributed by atoms with van der Waals surface area (Å²) in [5.74, 6) is -9.33. The van der Waals surface area contributed by atoms with Crippen molar-refractivity contribution >= 4 is 88.5 Å². The highest BCUT2D eigenvalue weighted by atomic mass is 32.2.